The van der Waals surface area contributed by atoms with Gasteiger partial charge in [0.15, 0.2) is 0 Å². The molecule has 200 valence electrons. The highest BCUT2D eigenvalue weighted by atomic mass is 35.5. The van der Waals surface area contributed by atoms with Gasteiger partial charge in [-0.2, -0.15) is 0 Å². The molecule has 0 radical (unpaired) electrons. The summed E-state index contributed by atoms with van der Waals surface area (Å²) in [5.74, 6) is 1.77. The van der Waals surface area contributed by atoms with Gasteiger partial charge in [0.1, 0.15) is 5.78 Å². The Balaban J connectivity index is 0.00000320. The van der Waals surface area contributed by atoms with E-state index in [0.29, 0.717) is 30.6 Å². The predicted octanol–water partition coefficient (Wildman–Crippen LogP) is 8.26. The number of halogens is 1. The Labute approximate surface area is 229 Å². The first-order valence-corrected chi connectivity index (χ1v) is 14.4. The summed E-state index contributed by atoms with van der Waals surface area (Å²) in [5.41, 5.74) is 12.7. The van der Waals surface area contributed by atoms with Gasteiger partial charge in [0.05, 0.1) is 0 Å². The summed E-state index contributed by atoms with van der Waals surface area (Å²) in [4.78, 5) is 13.6. The highest BCUT2D eigenvalue weighted by Gasteiger charge is 2.28. The van der Waals surface area contributed by atoms with Crippen LogP contribution in [-0.2, 0) is 11.3 Å². The summed E-state index contributed by atoms with van der Waals surface area (Å²) >= 11 is 0. The largest absolute Gasteiger partial charge is 0.344 e. The highest BCUT2D eigenvalue weighted by Crippen LogP contribution is 2.40. The molecular formula is C33H45ClN2O. The number of ketones is 1. The van der Waals surface area contributed by atoms with Gasteiger partial charge in [0.25, 0.3) is 0 Å². The molecule has 5 rings (SSSR count). The van der Waals surface area contributed by atoms with E-state index in [0.717, 1.165) is 38.1 Å². The number of aryl methyl sites for hydroxylation is 1. The Morgan fingerprint density at radius 1 is 0.919 bits per heavy atom. The summed E-state index contributed by atoms with van der Waals surface area (Å²) in [6.45, 7) is 5.56. The van der Waals surface area contributed by atoms with Crippen molar-refractivity contribution in [2.75, 3.05) is 0 Å². The van der Waals surface area contributed by atoms with Crippen LogP contribution in [0.25, 0.3) is 10.9 Å². The van der Waals surface area contributed by atoms with Gasteiger partial charge in [-0.05, 0) is 81.4 Å². The molecule has 3 aromatic rings. The number of carbonyl (C=O) groups excluding carboxylic acids is 1. The van der Waals surface area contributed by atoms with E-state index in [1.54, 1.807) is 0 Å². The third kappa shape index (κ3) is 6.49. The van der Waals surface area contributed by atoms with Crippen molar-refractivity contribution in [3.05, 3.63) is 70.9 Å². The van der Waals surface area contributed by atoms with Crippen molar-refractivity contribution in [2.45, 2.75) is 103 Å². The summed E-state index contributed by atoms with van der Waals surface area (Å²) in [5, 5.41) is 1.33. The number of benzene rings is 2. The van der Waals surface area contributed by atoms with E-state index in [1.807, 2.05) is 0 Å². The van der Waals surface area contributed by atoms with Crippen LogP contribution >= 0.6 is 12.4 Å². The minimum absolute atomic E-state index is 0. The quantitative estimate of drug-likeness (QED) is 0.325. The van der Waals surface area contributed by atoms with Crippen molar-refractivity contribution >= 4 is 29.1 Å². The standard InChI is InChI=1S/C33H44N2O.ClH/c1-23-9-8-12-27(19-23)31(21-29(36)20-25-15-17-28(34)18-16-25)33-24(2)35(22-26-10-4-3-5-11-26)32-14-7-6-13-30(32)33;/h6-9,12-14,19,25-26,28,31H,3-5,10-11,15-18,20-22,34H2,1-2H3;1H. The molecule has 2 N–H and O–H groups in total. The summed E-state index contributed by atoms with van der Waals surface area (Å²) in [6.07, 6.45) is 12.4. The molecule has 0 aliphatic heterocycles. The number of para-hydroxylation sites is 1. The van der Waals surface area contributed by atoms with Crippen LogP contribution in [0.2, 0.25) is 0 Å². The normalized spacial score (nSPS) is 21.5. The van der Waals surface area contributed by atoms with Crippen molar-refractivity contribution in [2.24, 2.45) is 17.6 Å². The number of aromatic nitrogens is 1. The molecule has 3 nitrogen and oxygen atoms in total. The van der Waals surface area contributed by atoms with Gasteiger partial charge in [-0.1, -0.05) is 67.3 Å². The highest BCUT2D eigenvalue weighted by molar-refractivity contribution is 5.88. The molecule has 2 aromatic carbocycles. The van der Waals surface area contributed by atoms with Gasteiger partial charge in [-0.25, -0.2) is 0 Å². The number of carbonyl (C=O) groups is 1. The molecule has 0 amide bonds. The molecule has 1 aromatic heterocycles. The van der Waals surface area contributed by atoms with Crippen LogP contribution in [0, 0.1) is 25.7 Å². The Morgan fingerprint density at radius 2 is 1.65 bits per heavy atom. The Bertz CT molecular complexity index is 1180. The number of hydrogen-bond acceptors (Lipinski definition) is 2. The van der Waals surface area contributed by atoms with Gasteiger partial charge in [0.2, 0.25) is 0 Å². The number of Topliss-reactive ketones (excluding diaryl/α,β-unsaturated/α-hetero) is 1. The zero-order chi connectivity index (χ0) is 25.1. The SMILES string of the molecule is Cc1cccc(C(CC(=O)CC2CCC(N)CC2)c2c(C)n(CC3CCCCC3)c3ccccc23)c1.Cl. The van der Waals surface area contributed by atoms with Gasteiger partial charge in [-0.15, -0.1) is 12.4 Å². The molecule has 2 saturated carbocycles. The Kier molecular flexibility index (Phi) is 9.53. The lowest BCUT2D eigenvalue weighted by atomic mass is 9.80. The molecule has 4 heteroatoms. The Morgan fingerprint density at radius 3 is 2.38 bits per heavy atom. The van der Waals surface area contributed by atoms with Crippen LogP contribution in [0.3, 0.4) is 0 Å². The van der Waals surface area contributed by atoms with Gasteiger partial charge < -0.3 is 10.3 Å². The summed E-state index contributed by atoms with van der Waals surface area (Å²) in [7, 11) is 0. The molecule has 2 fully saturated rings. The second kappa shape index (κ2) is 12.6. The summed E-state index contributed by atoms with van der Waals surface area (Å²) in [6, 6.07) is 18.1. The van der Waals surface area contributed by atoms with Crippen molar-refractivity contribution < 1.29 is 4.79 Å². The van der Waals surface area contributed by atoms with Gasteiger partial charge >= 0.3 is 0 Å². The maximum Gasteiger partial charge on any atom is 0.134 e. The average Bonchev–Trinajstić information content (AvgIpc) is 3.15. The molecule has 1 atom stereocenters. The lowest BCUT2D eigenvalue weighted by molar-refractivity contribution is -0.120. The topological polar surface area (TPSA) is 48.0 Å². The minimum Gasteiger partial charge on any atom is -0.344 e. The lowest BCUT2D eigenvalue weighted by Gasteiger charge is -2.26. The van der Waals surface area contributed by atoms with Crippen LogP contribution < -0.4 is 5.73 Å². The second-order valence-corrected chi connectivity index (χ2v) is 11.8. The summed E-state index contributed by atoms with van der Waals surface area (Å²) < 4.78 is 2.58. The first kappa shape index (κ1) is 27.9. The third-order valence-corrected chi connectivity index (χ3v) is 9.08. The third-order valence-electron chi connectivity index (χ3n) is 9.08. The van der Waals surface area contributed by atoms with Crippen LogP contribution in [0.4, 0.5) is 0 Å². The fourth-order valence-electron chi connectivity index (χ4n) is 7.06. The maximum atomic E-state index is 13.6. The molecular weight excluding hydrogens is 476 g/mol. The van der Waals surface area contributed by atoms with Crippen molar-refractivity contribution in [1.82, 2.24) is 4.57 Å². The zero-order valence-electron chi connectivity index (χ0n) is 22.8. The molecule has 2 aliphatic rings. The molecule has 1 heterocycles. The molecule has 1 unspecified atom stereocenters. The number of nitrogens with zero attached hydrogens (tertiary/aromatic N) is 1. The molecule has 37 heavy (non-hydrogen) atoms. The fraction of sp³-hybridized carbons (Fsp3) is 0.545. The number of rotatable bonds is 8. The second-order valence-electron chi connectivity index (χ2n) is 11.8. The van der Waals surface area contributed by atoms with E-state index < -0.39 is 0 Å². The maximum absolute atomic E-state index is 13.6. The van der Waals surface area contributed by atoms with Crippen molar-refractivity contribution in [3.63, 3.8) is 0 Å². The first-order valence-electron chi connectivity index (χ1n) is 14.4. The molecule has 2 aliphatic carbocycles. The van der Waals surface area contributed by atoms with Crippen LogP contribution in [0.1, 0.15) is 98.9 Å². The van der Waals surface area contributed by atoms with E-state index in [1.165, 1.54) is 65.4 Å². The zero-order valence-corrected chi connectivity index (χ0v) is 23.6. The number of nitrogens with two attached hydrogens (primary N) is 1. The van der Waals surface area contributed by atoms with E-state index >= 15 is 0 Å². The number of hydrogen-bond donors (Lipinski definition) is 1. The molecule has 0 saturated heterocycles. The van der Waals surface area contributed by atoms with Crippen molar-refractivity contribution in [1.29, 1.82) is 0 Å². The molecule has 0 spiro atoms. The minimum atomic E-state index is 0. The van der Waals surface area contributed by atoms with Gasteiger partial charge in [0, 0.05) is 47.9 Å². The van der Waals surface area contributed by atoms with Crippen LogP contribution in [0.5, 0.6) is 0 Å². The Hall–Kier alpha value is -2.10. The van der Waals surface area contributed by atoms with E-state index in [-0.39, 0.29) is 18.3 Å². The molecule has 0 bridgehead atoms. The fourth-order valence-corrected chi connectivity index (χ4v) is 7.06. The van der Waals surface area contributed by atoms with Crippen LogP contribution in [0.15, 0.2) is 48.5 Å². The smallest absolute Gasteiger partial charge is 0.134 e. The van der Waals surface area contributed by atoms with Crippen LogP contribution in [-0.4, -0.2) is 16.4 Å². The van der Waals surface area contributed by atoms with Crippen molar-refractivity contribution in [3.8, 4) is 0 Å². The predicted molar refractivity (Wildman–Crippen MR) is 158 cm³/mol. The number of fused-ring (bicyclic) bond motifs is 1. The van der Waals surface area contributed by atoms with E-state index in [4.69, 9.17) is 5.73 Å². The first-order chi connectivity index (χ1) is 17.5. The lowest BCUT2D eigenvalue weighted by Crippen LogP contribution is -2.27. The average molecular weight is 521 g/mol. The monoisotopic (exact) mass is 520 g/mol. The van der Waals surface area contributed by atoms with E-state index in [2.05, 4.69) is 66.9 Å². The van der Waals surface area contributed by atoms with Gasteiger partial charge in [-0.3, -0.25) is 4.79 Å². The van der Waals surface area contributed by atoms with E-state index in [9.17, 15) is 4.79 Å².